The lowest BCUT2D eigenvalue weighted by Crippen LogP contribution is -2.38. The van der Waals surface area contributed by atoms with Gasteiger partial charge in [-0.2, -0.15) is 0 Å². The van der Waals surface area contributed by atoms with Crippen molar-refractivity contribution < 1.29 is 14.3 Å². The maximum atomic E-state index is 12.7. The van der Waals surface area contributed by atoms with Crippen LogP contribution in [0.5, 0.6) is 5.75 Å². The fourth-order valence-electron chi connectivity index (χ4n) is 4.66. The Bertz CT molecular complexity index is 892. The molecule has 178 valence electrons. The number of nitrogens with one attached hydrogen (secondary N) is 1. The van der Waals surface area contributed by atoms with E-state index in [-0.39, 0.29) is 5.91 Å². The molecule has 0 aliphatic carbocycles. The van der Waals surface area contributed by atoms with Gasteiger partial charge in [0.05, 0.1) is 0 Å². The molecule has 6 heteroatoms. The Balaban J connectivity index is 1.23. The van der Waals surface area contributed by atoms with Crippen LogP contribution in [0.15, 0.2) is 48.5 Å². The summed E-state index contributed by atoms with van der Waals surface area (Å²) in [6, 6.07) is 16.6. The Morgan fingerprint density at radius 1 is 1.09 bits per heavy atom. The molecule has 2 heterocycles. The zero-order valence-corrected chi connectivity index (χ0v) is 19.8. The summed E-state index contributed by atoms with van der Waals surface area (Å²) in [6.07, 6.45) is 4.73. The van der Waals surface area contributed by atoms with Gasteiger partial charge in [-0.1, -0.05) is 24.3 Å². The maximum absolute atomic E-state index is 12.7. The van der Waals surface area contributed by atoms with Crippen molar-refractivity contribution in [1.29, 1.82) is 0 Å². The van der Waals surface area contributed by atoms with Gasteiger partial charge in [0.25, 0.3) is 5.91 Å². The van der Waals surface area contributed by atoms with E-state index in [1.807, 2.05) is 42.5 Å². The molecule has 0 atom stereocenters. The van der Waals surface area contributed by atoms with Gasteiger partial charge in [0.15, 0.2) is 0 Å². The maximum Gasteiger partial charge on any atom is 0.251 e. The number of carbonyl (C=O) groups excluding carboxylic acids is 1. The summed E-state index contributed by atoms with van der Waals surface area (Å²) in [7, 11) is 2.16. The summed E-state index contributed by atoms with van der Waals surface area (Å²) in [6.45, 7) is 6.95. The molecule has 0 saturated carbocycles. The molecule has 2 saturated heterocycles. The topological polar surface area (TPSA) is 54.0 Å². The Hall–Kier alpha value is -2.41. The Kier molecular flexibility index (Phi) is 8.75. The third-order valence-corrected chi connectivity index (χ3v) is 6.67. The predicted octanol–water partition coefficient (Wildman–Crippen LogP) is 3.70. The van der Waals surface area contributed by atoms with Crippen LogP contribution in [0.3, 0.4) is 0 Å². The molecule has 0 bridgehead atoms. The summed E-state index contributed by atoms with van der Waals surface area (Å²) < 4.78 is 11.4. The second kappa shape index (κ2) is 12.2. The van der Waals surface area contributed by atoms with Gasteiger partial charge in [0.2, 0.25) is 0 Å². The van der Waals surface area contributed by atoms with Crippen molar-refractivity contribution in [3.8, 4) is 5.75 Å². The van der Waals surface area contributed by atoms with Gasteiger partial charge in [0, 0.05) is 44.5 Å². The number of ether oxygens (including phenoxy) is 2. The molecule has 6 nitrogen and oxygen atoms in total. The van der Waals surface area contributed by atoms with Gasteiger partial charge < -0.3 is 14.8 Å². The number of nitrogens with zero attached hydrogens (tertiary/aromatic N) is 2. The first-order chi connectivity index (χ1) is 16.2. The molecule has 2 fully saturated rings. The van der Waals surface area contributed by atoms with Gasteiger partial charge >= 0.3 is 0 Å². The van der Waals surface area contributed by atoms with E-state index in [2.05, 4.69) is 28.2 Å². The van der Waals surface area contributed by atoms with Gasteiger partial charge in [-0.25, -0.2) is 0 Å². The molecule has 1 amide bonds. The van der Waals surface area contributed by atoms with Crippen LogP contribution < -0.4 is 10.1 Å². The van der Waals surface area contributed by atoms with Crippen molar-refractivity contribution in [3.63, 3.8) is 0 Å². The smallest absolute Gasteiger partial charge is 0.251 e. The third kappa shape index (κ3) is 7.29. The molecule has 0 radical (unpaired) electrons. The first-order valence-electron chi connectivity index (χ1n) is 12.3. The lowest BCUT2D eigenvalue weighted by Gasteiger charge is -2.31. The van der Waals surface area contributed by atoms with Crippen molar-refractivity contribution in [2.24, 2.45) is 0 Å². The van der Waals surface area contributed by atoms with E-state index in [4.69, 9.17) is 9.47 Å². The Morgan fingerprint density at radius 3 is 2.67 bits per heavy atom. The lowest BCUT2D eigenvalue weighted by molar-refractivity contribution is 0.0392. The molecule has 1 N–H and O–H groups in total. The van der Waals surface area contributed by atoms with E-state index in [1.165, 1.54) is 18.4 Å². The number of likely N-dealkylation sites (N-methyl/N-ethyl adjacent to an activating group) is 1. The van der Waals surface area contributed by atoms with E-state index in [9.17, 15) is 4.79 Å². The minimum Gasteiger partial charge on any atom is -0.492 e. The number of hydrogen-bond donors (Lipinski definition) is 1. The highest BCUT2D eigenvalue weighted by Crippen LogP contribution is 2.16. The SMILES string of the molecule is CN(CCOc1cccc(CNC(=O)c2cccc(CN3CCCC3)c2)c1)C1CCOCC1. The van der Waals surface area contributed by atoms with E-state index in [1.54, 1.807) is 0 Å². The summed E-state index contributed by atoms with van der Waals surface area (Å²) in [5.74, 6) is 0.803. The highest BCUT2D eigenvalue weighted by molar-refractivity contribution is 5.94. The normalized spacial score (nSPS) is 17.4. The number of likely N-dealkylation sites (tertiary alicyclic amines) is 1. The average molecular weight is 452 g/mol. The predicted molar refractivity (Wildman–Crippen MR) is 131 cm³/mol. The molecule has 2 aliphatic heterocycles. The first-order valence-corrected chi connectivity index (χ1v) is 12.3. The highest BCUT2D eigenvalue weighted by Gasteiger charge is 2.18. The molecule has 0 spiro atoms. The highest BCUT2D eigenvalue weighted by atomic mass is 16.5. The van der Waals surface area contributed by atoms with Crippen LogP contribution in [0.4, 0.5) is 0 Å². The monoisotopic (exact) mass is 451 g/mol. The van der Waals surface area contributed by atoms with Crippen molar-refractivity contribution in [2.75, 3.05) is 46.5 Å². The van der Waals surface area contributed by atoms with Crippen LogP contribution in [-0.2, 0) is 17.8 Å². The second-order valence-corrected chi connectivity index (χ2v) is 9.19. The fraction of sp³-hybridized carbons (Fsp3) is 0.519. The van der Waals surface area contributed by atoms with Crippen LogP contribution in [0.1, 0.15) is 47.2 Å². The molecule has 33 heavy (non-hydrogen) atoms. The number of amides is 1. The van der Waals surface area contributed by atoms with Gasteiger partial charge in [-0.05, 0) is 81.2 Å². The summed E-state index contributed by atoms with van der Waals surface area (Å²) >= 11 is 0. The molecule has 2 aromatic rings. The number of carbonyl (C=O) groups is 1. The third-order valence-electron chi connectivity index (χ3n) is 6.67. The molecule has 4 rings (SSSR count). The Morgan fingerprint density at radius 2 is 1.85 bits per heavy atom. The average Bonchev–Trinajstić information content (AvgIpc) is 3.36. The van der Waals surface area contributed by atoms with Crippen LogP contribution in [0, 0.1) is 0 Å². The second-order valence-electron chi connectivity index (χ2n) is 9.19. The number of hydrogen-bond acceptors (Lipinski definition) is 5. The van der Waals surface area contributed by atoms with Crippen molar-refractivity contribution in [3.05, 3.63) is 65.2 Å². The molecule has 2 aromatic carbocycles. The van der Waals surface area contributed by atoms with Crippen LogP contribution in [0.25, 0.3) is 0 Å². The summed E-state index contributed by atoms with van der Waals surface area (Å²) in [4.78, 5) is 17.5. The Labute approximate surface area is 197 Å². The van der Waals surface area contributed by atoms with E-state index < -0.39 is 0 Å². The van der Waals surface area contributed by atoms with Gasteiger partial charge in [0.1, 0.15) is 12.4 Å². The largest absolute Gasteiger partial charge is 0.492 e. The van der Waals surface area contributed by atoms with Crippen molar-refractivity contribution in [1.82, 2.24) is 15.1 Å². The minimum absolute atomic E-state index is 0.0392. The summed E-state index contributed by atoms with van der Waals surface area (Å²) in [5, 5.41) is 3.05. The molecular weight excluding hydrogens is 414 g/mol. The van der Waals surface area contributed by atoms with E-state index >= 15 is 0 Å². The molecule has 0 unspecified atom stereocenters. The van der Waals surface area contributed by atoms with Crippen LogP contribution >= 0.6 is 0 Å². The quantitative estimate of drug-likeness (QED) is 0.597. The first kappa shape index (κ1) is 23.7. The van der Waals surface area contributed by atoms with E-state index in [0.29, 0.717) is 19.2 Å². The zero-order chi connectivity index (χ0) is 22.9. The van der Waals surface area contributed by atoms with Gasteiger partial charge in [-0.3, -0.25) is 14.6 Å². The standard InChI is InChI=1S/C27H37N3O3/c1-29(25-10-15-32-16-11-25)14-17-33-26-9-5-6-22(19-26)20-28-27(31)24-8-4-7-23(18-24)21-30-12-2-3-13-30/h4-9,18-19,25H,2-3,10-17,20-21H2,1H3,(H,28,31). The number of rotatable bonds is 10. The van der Waals surface area contributed by atoms with Crippen LogP contribution in [-0.4, -0.2) is 68.3 Å². The van der Waals surface area contributed by atoms with Crippen molar-refractivity contribution in [2.45, 2.75) is 44.8 Å². The molecular formula is C27H37N3O3. The van der Waals surface area contributed by atoms with E-state index in [0.717, 1.165) is 69.1 Å². The van der Waals surface area contributed by atoms with Gasteiger partial charge in [-0.15, -0.1) is 0 Å². The van der Waals surface area contributed by atoms with Crippen LogP contribution in [0.2, 0.25) is 0 Å². The molecule has 2 aliphatic rings. The molecule has 0 aromatic heterocycles. The van der Waals surface area contributed by atoms with Crippen molar-refractivity contribution >= 4 is 5.91 Å². The fourth-order valence-corrected chi connectivity index (χ4v) is 4.66. The number of benzene rings is 2. The summed E-state index contributed by atoms with van der Waals surface area (Å²) in [5.41, 5.74) is 2.95. The lowest BCUT2D eigenvalue weighted by atomic mass is 10.1. The zero-order valence-electron chi connectivity index (χ0n) is 19.8. The minimum atomic E-state index is -0.0392.